The zero-order valence-corrected chi connectivity index (χ0v) is 23.9. The molecule has 1 aliphatic carbocycles. The summed E-state index contributed by atoms with van der Waals surface area (Å²) in [6.45, 7) is 16.1. The van der Waals surface area contributed by atoms with Crippen molar-refractivity contribution < 1.29 is 19.1 Å². The number of thiophene rings is 1. The number of anilines is 1. The number of carbonyl (C=O) groups excluding carboxylic acids is 2. The highest BCUT2D eigenvalue weighted by Gasteiger charge is 2.34. The molecule has 0 saturated heterocycles. The van der Waals surface area contributed by atoms with Crippen LogP contribution in [0.3, 0.4) is 0 Å². The predicted octanol–water partition coefficient (Wildman–Crippen LogP) is 7.56. The topological polar surface area (TPSA) is 64.6 Å². The van der Waals surface area contributed by atoms with E-state index in [0.717, 1.165) is 37.0 Å². The van der Waals surface area contributed by atoms with Gasteiger partial charge in [0.2, 0.25) is 5.91 Å². The largest absolute Gasteiger partial charge is 0.494 e. The van der Waals surface area contributed by atoms with E-state index in [-0.39, 0.29) is 22.7 Å². The summed E-state index contributed by atoms with van der Waals surface area (Å²) < 4.78 is 11.2. The summed E-state index contributed by atoms with van der Waals surface area (Å²) in [5.41, 5.74) is 3.27. The molecular formula is C30H43NO4S. The third-order valence-electron chi connectivity index (χ3n) is 7.56. The van der Waals surface area contributed by atoms with Gasteiger partial charge in [0.1, 0.15) is 10.8 Å². The fourth-order valence-electron chi connectivity index (χ4n) is 4.65. The maximum Gasteiger partial charge on any atom is 0.341 e. The molecule has 1 unspecified atom stereocenters. The monoisotopic (exact) mass is 513 g/mol. The van der Waals surface area contributed by atoms with Crippen LogP contribution < -0.4 is 10.1 Å². The first-order chi connectivity index (χ1) is 17.0. The number of carbonyl (C=O) groups is 2. The van der Waals surface area contributed by atoms with Gasteiger partial charge in [-0.25, -0.2) is 4.79 Å². The highest BCUT2D eigenvalue weighted by molar-refractivity contribution is 7.17. The van der Waals surface area contributed by atoms with E-state index in [9.17, 15) is 9.59 Å². The van der Waals surface area contributed by atoms with Crippen LogP contribution in [0.5, 0.6) is 5.75 Å². The molecule has 0 saturated carbocycles. The van der Waals surface area contributed by atoms with E-state index in [2.05, 4.69) is 59.0 Å². The molecule has 2 aromatic rings. The van der Waals surface area contributed by atoms with E-state index in [1.807, 2.05) is 19.1 Å². The van der Waals surface area contributed by atoms with E-state index in [0.29, 0.717) is 42.5 Å². The summed E-state index contributed by atoms with van der Waals surface area (Å²) in [7, 11) is 0. The summed E-state index contributed by atoms with van der Waals surface area (Å²) in [6.07, 6.45) is 4.83. The van der Waals surface area contributed by atoms with Crippen LogP contribution in [-0.4, -0.2) is 25.1 Å². The van der Waals surface area contributed by atoms with Crippen LogP contribution in [0.4, 0.5) is 5.00 Å². The average Bonchev–Trinajstić information content (AvgIpc) is 3.18. The van der Waals surface area contributed by atoms with Gasteiger partial charge in [0.15, 0.2) is 0 Å². The Morgan fingerprint density at radius 1 is 1.08 bits per heavy atom. The lowest BCUT2D eigenvalue weighted by Gasteiger charge is -2.33. The van der Waals surface area contributed by atoms with Crippen LogP contribution in [-0.2, 0) is 27.8 Å². The molecule has 1 atom stereocenters. The number of benzene rings is 1. The molecule has 3 rings (SSSR count). The first-order valence-electron chi connectivity index (χ1n) is 13.3. The highest BCUT2D eigenvalue weighted by Crippen LogP contribution is 2.44. The smallest absolute Gasteiger partial charge is 0.341 e. The second-order valence-electron chi connectivity index (χ2n) is 11.5. The molecule has 198 valence electrons. The predicted molar refractivity (Wildman–Crippen MR) is 148 cm³/mol. The van der Waals surface area contributed by atoms with Crippen molar-refractivity contribution in [1.82, 2.24) is 0 Å². The van der Waals surface area contributed by atoms with Gasteiger partial charge in [-0.15, -0.1) is 11.3 Å². The molecular weight excluding hydrogens is 470 g/mol. The Morgan fingerprint density at radius 3 is 2.39 bits per heavy atom. The molecule has 1 aliphatic rings. The summed E-state index contributed by atoms with van der Waals surface area (Å²) in [5.74, 6) is 0.934. The highest BCUT2D eigenvalue weighted by atomic mass is 32.1. The molecule has 36 heavy (non-hydrogen) atoms. The number of fused-ring (bicyclic) bond motifs is 1. The van der Waals surface area contributed by atoms with Gasteiger partial charge in [-0.2, -0.15) is 0 Å². The molecule has 0 aliphatic heterocycles. The van der Waals surface area contributed by atoms with Crippen LogP contribution >= 0.6 is 11.3 Å². The lowest BCUT2D eigenvalue weighted by atomic mass is 9.72. The molecule has 6 heteroatoms. The number of hydrogen-bond donors (Lipinski definition) is 1. The van der Waals surface area contributed by atoms with Crippen molar-refractivity contribution in [2.45, 2.75) is 92.4 Å². The summed E-state index contributed by atoms with van der Waals surface area (Å²) >= 11 is 1.54. The minimum atomic E-state index is -0.336. The average molecular weight is 514 g/mol. The fraction of sp³-hybridized carbons (Fsp3) is 0.600. The fourth-order valence-corrected chi connectivity index (χ4v) is 5.98. The third-order valence-corrected chi connectivity index (χ3v) is 8.73. The lowest BCUT2D eigenvalue weighted by Crippen LogP contribution is -2.26. The summed E-state index contributed by atoms with van der Waals surface area (Å²) in [6, 6.07) is 8.23. The first kappa shape index (κ1) is 28.2. The van der Waals surface area contributed by atoms with E-state index in [1.54, 1.807) is 11.3 Å². The standard InChI is InChI=1S/C30H43NO4S/c1-8-30(6,7)20-12-15-22(16-13-20)35-18-10-11-25(32)31-27-26(28(33)34-9-2)23-17-14-21(29(3,4)5)19-24(23)36-27/h12-13,15-16,21H,8-11,14,17-19H2,1-7H3,(H,31,32). The molecule has 1 aromatic heterocycles. The Morgan fingerprint density at radius 2 is 1.78 bits per heavy atom. The molecule has 0 fully saturated rings. The zero-order chi connectivity index (χ0) is 26.5. The van der Waals surface area contributed by atoms with E-state index >= 15 is 0 Å². The van der Waals surface area contributed by atoms with E-state index in [1.165, 1.54) is 10.4 Å². The second kappa shape index (κ2) is 11.8. The number of rotatable bonds is 10. The van der Waals surface area contributed by atoms with Crippen molar-refractivity contribution in [2.75, 3.05) is 18.5 Å². The molecule has 1 aromatic carbocycles. The molecule has 5 nitrogen and oxygen atoms in total. The molecule has 0 spiro atoms. The van der Waals surface area contributed by atoms with Gasteiger partial charge in [0.25, 0.3) is 0 Å². The van der Waals surface area contributed by atoms with Crippen molar-refractivity contribution in [2.24, 2.45) is 11.3 Å². The van der Waals surface area contributed by atoms with Gasteiger partial charge in [-0.3, -0.25) is 4.79 Å². The molecule has 1 amide bonds. The van der Waals surface area contributed by atoms with Gasteiger partial charge in [0, 0.05) is 11.3 Å². The van der Waals surface area contributed by atoms with Gasteiger partial charge in [-0.05, 0) is 79.0 Å². The Labute approximate surface area is 221 Å². The van der Waals surface area contributed by atoms with Gasteiger partial charge in [0.05, 0.1) is 18.8 Å². The minimum absolute atomic E-state index is 0.102. The number of esters is 1. The molecule has 1 heterocycles. The Hall–Kier alpha value is -2.34. The molecule has 0 radical (unpaired) electrons. The Balaban J connectivity index is 1.59. The van der Waals surface area contributed by atoms with Crippen molar-refractivity contribution in [1.29, 1.82) is 0 Å². The maximum absolute atomic E-state index is 12.8. The second-order valence-corrected chi connectivity index (χ2v) is 12.6. The summed E-state index contributed by atoms with van der Waals surface area (Å²) in [5, 5.41) is 3.65. The number of ether oxygens (including phenoxy) is 2. The zero-order valence-electron chi connectivity index (χ0n) is 23.1. The van der Waals surface area contributed by atoms with Crippen LogP contribution in [0.25, 0.3) is 0 Å². The summed E-state index contributed by atoms with van der Waals surface area (Å²) in [4.78, 5) is 26.8. The lowest BCUT2D eigenvalue weighted by molar-refractivity contribution is -0.116. The van der Waals surface area contributed by atoms with Gasteiger partial charge < -0.3 is 14.8 Å². The van der Waals surface area contributed by atoms with Crippen molar-refractivity contribution in [3.63, 3.8) is 0 Å². The van der Waals surface area contributed by atoms with Crippen molar-refractivity contribution in [3.8, 4) is 5.75 Å². The van der Waals surface area contributed by atoms with Crippen LogP contribution in [0, 0.1) is 11.3 Å². The Bertz CT molecular complexity index is 1050. The molecule has 1 N–H and O–H groups in total. The number of amides is 1. The van der Waals surface area contributed by atoms with E-state index < -0.39 is 0 Å². The van der Waals surface area contributed by atoms with E-state index in [4.69, 9.17) is 9.47 Å². The van der Waals surface area contributed by atoms with Gasteiger partial charge >= 0.3 is 5.97 Å². The quantitative estimate of drug-likeness (QED) is 0.263. The third kappa shape index (κ3) is 6.90. The Kier molecular flexibility index (Phi) is 9.26. The molecule has 0 bridgehead atoms. The maximum atomic E-state index is 12.8. The first-order valence-corrected chi connectivity index (χ1v) is 14.1. The normalized spacial score (nSPS) is 15.8. The van der Waals surface area contributed by atoms with Gasteiger partial charge in [-0.1, -0.05) is 53.7 Å². The minimum Gasteiger partial charge on any atom is -0.494 e. The number of hydrogen-bond acceptors (Lipinski definition) is 5. The van der Waals surface area contributed by atoms with Crippen LogP contribution in [0.15, 0.2) is 24.3 Å². The van der Waals surface area contributed by atoms with Crippen LogP contribution in [0.1, 0.15) is 101 Å². The van der Waals surface area contributed by atoms with Crippen molar-refractivity contribution >= 4 is 28.2 Å². The SMILES string of the molecule is CCOC(=O)c1c(NC(=O)CCCOc2ccc(C(C)(C)CC)cc2)sc2c1CCC(C(C)(C)C)C2. The van der Waals surface area contributed by atoms with Crippen molar-refractivity contribution in [3.05, 3.63) is 45.8 Å². The van der Waals surface area contributed by atoms with Crippen LogP contribution in [0.2, 0.25) is 0 Å². The number of nitrogens with one attached hydrogen (secondary N) is 1.